The molecule has 0 fully saturated rings. The smallest absolute Gasteiger partial charge is 0.164 e. The molecule has 4 nitrogen and oxygen atoms in total. The van der Waals surface area contributed by atoms with Crippen LogP contribution in [0.4, 0.5) is 5.69 Å². The highest BCUT2D eigenvalue weighted by atomic mass is 32.2. The van der Waals surface area contributed by atoms with Crippen LogP contribution >= 0.6 is 11.8 Å². The fraction of sp³-hybridized carbons (Fsp3) is 0.400. The van der Waals surface area contributed by atoms with Crippen molar-refractivity contribution in [3.63, 3.8) is 0 Å². The number of nitrogens with zero attached hydrogens (tertiary/aromatic N) is 2. The van der Waals surface area contributed by atoms with E-state index in [1.807, 2.05) is 12.1 Å². The highest BCUT2D eigenvalue weighted by Crippen LogP contribution is 2.19. The zero-order chi connectivity index (χ0) is 11.1. The van der Waals surface area contributed by atoms with Crippen LogP contribution in [-0.2, 0) is 4.74 Å². The fourth-order valence-corrected chi connectivity index (χ4v) is 1.79. The van der Waals surface area contributed by atoms with E-state index in [2.05, 4.69) is 4.98 Å². The summed E-state index contributed by atoms with van der Waals surface area (Å²) in [6, 6.07) is 5.50. The summed E-state index contributed by atoms with van der Waals surface area (Å²) in [7, 11) is 1.68. The van der Waals surface area contributed by atoms with Gasteiger partial charge in [0.1, 0.15) is 6.07 Å². The molecule has 0 radical (unpaired) electrons. The zero-order valence-corrected chi connectivity index (χ0v) is 9.38. The summed E-state index contributed by atoms with van der Waals surface area (Å²) in [5.41, 5.74) is 6.29. The van der Waals surface area contributed by atoms with Gasteiger partial charge in [0.05, 0.1) is 10.7 Å². The molecule has 0 saturated heterocycles. The molecule has 1 aromatic heterocycles. The van der Waals surface area contributed by atoms with Crippen LogP contribution in [0.15, 0.2) is 17.2 Å². The van der Waals surface area contributed by atoms with Crippen LogP contribution in [0, 0.1) is 11.3 Å². The fourth-order valence-electron chi connectivity index (χ4n) is 1.00. The Morgan fingerprint density at radius 3 is 3.07 bits per heavy atom. The lowest BCUT2D eigenvalue weighted by Crippen LogP contribution is -1.96. The minimum absolute atomic E-state index is 0.298. The first kappa shape index (κ1) is 11.8. The number of methoxy groups -OCH3 is 1. The van der Waals surface area contributed by atoms with Gasteiger partial charge in [-0.1, -0.05) is 0 Å². The summed E-state index contributed by atoms with van der Waals surface area (Å²) >= 11 is 1.60. The number of nitriles is 1. The molecule has 0 aromatic carbocycles. The topological polar surface area (TPSA) is 71.9 Å². The van der Waals surface area contributed by atoms with E-state index in [1.54, 1.807) is 24.9 Å². The van der Waals surface area contributed by atoms with Crippen LogP contribution in [-0.4, -0.2) is 24.5 Å². The molecule has 0 unspecified atom stereocenters. The molecule has 2 N–H and O–H groups in total. The summed E-state index contributed by atoms with van der Waals surface area (Å²) in [5, 5.41) is 9.56. The van der Waals surface area contributed by atoms with Crippen molar-refractivity contribution in [2.24, 2.45) is 0 Å². The van der Waals surface area contributed by atoms with E-state index in [-0.39, 0.29) is 0 Å². The molecule has 1 aromatic rings. The van der Waals surface area contributed by atoms with Crippen LogP contribution in [0.25, 0.3) is 0 Å². The average Bonchev–Trinajstić information content (AvgIpc) is 2.26. The van der Waals surface area contributed by atoms with E-state index < -0.39 is 0 Å². The first-order valence-corrected chi connectivity index (χ1v) is 5.55. The maximum atomic E-state index is 8.73. The maximum Gasteiger partial charge on any atom is 0.164 e. The second-order valence-corrected chi connectivity index (χ2v) is 4.01. The van der Waals surface area contributed by atoms with Gasteiger partial charge in [-0.3, -0.25) is 0 Å². The van der Waals surface area contributed by atoms with E-state index in [9.17, 15) is 0 Å². The SMILES string of the molecule is COCCCSc1ccc(N)c(C#N)n1. The van der Waals surface area contributed by atoms with Gasteiger partial charge in [-0.25, -0.2) is 4.98 Å². The van der Waals surface area contributed by atoms with Gasteiger partial charge in [0, 0.05) is 19.5 Å². The molecule has 0 aliphatic carbocycles. The van der Waals surface area contributed by atoms with Crippen molar-refractivity contribution in [1.29, 1.82) is 5.26 Å². The number of thioether (sulfide) groups is 1. The van der Waals surface area contributed by atoms with Gasteiger partial charge >= 0.3 is 0 Å². The van der Waals surface area contributed by atoms with Crippen LogP contribution < -0.4 is 5.73 Å². The van der Waals surface area contributed by atoms with E-state index in [1.165, 1.54) is 0 Å². The second-order valence-electron chi connectivity index (χ2n) is 2.89. The molecule has 0 spiro atoms. The predicted molar refractivity (Wildman–Crippen MR) is 60.6 cm³/mol. The van der Waals surface area contributed by atoms with E-state index in [4.69, 9.17) is 15.7 Å². The monoisotopic (exact) mass is 223 g/mol. The quantitative estimate of drug-likeness (QED) is 0.607. The van der Waals surface area contributed by atoms with Crippen molar-refractivity contribution in [3.8, 4) is 6.07 Å². The van der Waals surface area contributed by atoms with Crippen LogP contribution in [0.2, 0.25) is 0 Å². The Hall–Kier alpha value is -1.25. The largest absolute Gasteiger partial charge is 0.396 e. The highest BCUT2D eigenvalue weighted by molar-refractivity contribution is 7.99. The molecule has 5 heteroatoms. The lowest BCUT2D eigenvalue weighted by atomic mass is 10.3. The molecule has 0 bridgehead atoms. The van der Waals surface area contributed by atoms with Gasteiger partial charge in [0.2, 0.25) is 0 Å². The highest BCUT2D eigenvalue weighted by Gasteiger charge is 2.02. The molecule has 1 heterocycles. The maximum absolute atomic E-state index is 8.73. The molecule has 1 rings (SSSR count). The summed E-state index contributed by atoms with van der Waals surface area (Å²) < 4.78 is 4.94. The Morgan fingerprint density at radius 1 is 1.60 bits per heavy atom. The molecule has 80 valence electrons. The Bertz CT molecular complexity index is 362. The van der Waals surface area contributed by atoms with Crippen LogP contribution in [0.1, 0.15) is 12.1 Å². The average molecular weight is 223 g/mol. The van der Waals surface area contributed by atoms with Gasteiger partial charge in [-0.15, -0.1) is 11.8 Å². The van der Waals surface area contributed by atoms with Crippen molar-refractivity contribution in [2.45, 2.75) is 11.4 Å². The zero-order valence-electron chi connectivity index (χ0n) is 8.56. The minimum Gasteiger partial charge on any atom is -0.396 e. The summed E-state index contributed by atoms with van der Waals surface area (Å²) in [6.45, 7) is 0.743. The van der Waals surface area contributed by atoms with Crippen molar-refractivity contribution >= 4 is 17.4 Å². The lowest BCUT2D eigenvalue weighted by molar-refractivity contribution is 0.200. The molecule has 0 amide bonds. The van der Waals surface area contributed by atoms with Gasteiger partial charge in [-0.2, -0.15) is 5.26 Å². The third-order valence-electron chi connectivity index (χ3n) is 1.75. The van der Waals surface area contributed by atoms with Gasteiger partial charge in [0.15, 0.2) is 5.69 Å². The third kappa shape index (κ3) is 3.78. The first-order valence-electron chi connectivity index (χ1n) is 4.56. The minimum atomic E-state index is 0.298. The molecular formula is C10H13N3OS. The molecule has 15 heavy (non-hydrogen) atoms. The number of pyridine rings is 1. The Morgan fingerprint density at radius 2 is 2.40 bits per heavy atom. The number of rotatable bonds is 5. The number of anilines is 1. The van der Waals surface area contributed by atoms with E-state index >= 15 is 0 Å². The lowest BCUT2D eigenvalue weighted by Gasteiger charge is -2.02. The Kier molecular flexibility index (Phi) is 4.95. The van der Waals surface area contributed by atoms with Gasteiger partial charge in [0.25, 0.3) is 0 Å². The summed E-state index contributed by atoms with van der Waals surface area (Å²) in [4.78, 5) is 4.12. The van der Waals surface area contributed by atoms with Crippen molar-refractivity contribution in [1.82, 2.24) is 4.98 Å². The number of nitrogen functional groups attached to an aromatic ring is 1. The Labute approximate surface area is 93.4 Å². The van der Waals surface area contributed by atoms with Crippen molar-refractivity contribution < 1.29 is 4.74 Å². The predicted octanol–water partition coefficient (Wildman–Crippen LogP) is 1.66. The molecule has 0 aliphatic rings. The Balaban J connectivity index is 2.52. The number of aromatic nitrogens is 1. The summed E-state index contributed by atoms with van der Waals surface area (Å²) in [5.74, 6) is 0.926. The van der Waals surface area contributed by atoms with Crippen LogP contribution in [0.3, 0.4) is 0 Å². The van der Waals surface area contributed by atoms with Gasteiger partial charge < -0.3 is 10.5 Å². The number of hydrogen-bond acceptors (Lipinski definition) is 5. The van der Waals surface area contributed by atoms with E-state index in [0.29, 0.717) is 11.4 Å². The normalized spacial score (nSPS) is 9.87. The molecule has 0 aliphatic heterocycles. The van der Waals surface area contributed by atoms with Crippen molar-refractivity contribution in [3.05, 3.63) is 17.8 Å². The molecule has 0 saturated carbocycles. The number of hydrogen-bond donors (Lipinski definition) is 1. The standard InChI is InChI=1S/C10H13N3OS/c1-14-5-2-6-15-10-4-3-8(12)9(7-11)13-10/h3-4H,2,5-6,12H2,1H3. The molecular weight excluding hydrogens is 210 g/mol. The summed E-state index contributed by atoms with van der Waals surface area (Å²) in [6.07, 6.45) is 0.967. The number of ether oxygens (including phenoxy) is 1. The third-order valence-corrected chi connectivity index (χ3v) is 2.77. The first-order chi connectivity index (χ1) is 7.27. The molecule has 0 atom stereocenters. The van der Waals surface area contributed by atoms with Crippen molar-refractivity contribution in [2.75, 3.05) is 25.2 Å². The second kappa shape index (κ2) is 6.27. The number of nitrogens with two attached hydrogens (primary N) is 1. The van der Waals surface area contributed by atoms with Crippen LogP contribution in [0.5, 0.6) is 0 Å². The van der Waals surface area contributed by atoms with Gasteiger partial charge in [-0.05, 0) is 18.6 Å². The van der Waals surface area contributed by atoms with E-state index in [0.717, 1.165) is 23.8 Å².